The Morgan fingerprint density at radius 3 is 2.36 bits per heavy atom. The maximum Gasteiger partial charge on any atom is 0.306 e. The molecule has 168 valence electrons. The van der Waals surface area contributed by atoms with Gasteiger partial charge in [-0.05, 0) is 24.1 Å². The zero-order valence-electron chi connectivity index (χ0n) is 18.4. The number of benzene rings is 3. The monoisotopic (exact) mass is 459 g/mol. The van der Waals surface area contributed by atoms with Gasteiger partial charge in [-0.25, -0.2) is 0 Å². The van der Waals surface area contributed by atoms with E-state index in [4.69, 9.17) is 9.47 Å². The number of carbonyl (C=O) groups is 1. The molecule has 0 atom stereocenters. The number of carbonyl (C=O) groups excluding carboxylic acids is 1. The van der Waals surface area contributed by atoms with Crippen molar-refractivity contribution in [1.29, 1.82) is 0 Å². The summed E-state index contributed by atoms with van der Waals surface area (Å²) in [6, 6.07) is 27.4. The van der Waals surface area contributed by atoms with Gasteiger partial charge in [-0.2, -0.15) is 0 Å². The van der Waals surface area contributed by atoms with E-state index < -0.39 is 0 Å². The molecule has 4 rings (SSSR count). The Morgan fingerprint density at radius 1 is 0.909 bits per heavy atom. The molecule has 0 aliphatic carbocycles. The predicted octanol–water partition coefficient (Wildman–Crippen LogP) is 5.56. The third-order valence-corrected chi connectivity index (χ3v) is 6.01. The highest BCUT2D eigenvalue weighted by Gasteiger charge is 2.18. The second-order valence-electron chi connectivity index (χ2n) is 7.28. The zero-order valence-corrected chi connectivity index (χ0v) is 19.2. The summed E-state index contributed by atoms with van der Waals surface area (Å²) >= 11 is 1.56. The second kappa shape index (κ2) is 11.3. The molecule has 7 heteroatoms. The Balaban J connectivity index is 1.43. The molecule has 0 saturated carbocycles. The Bertz CT molecular complexity index is 1180. The third-order valence-electron chi connectivity index (χ3n) is 4.99. The fraction of sp³-hybridized carbons (Fsp3) is 0.192. The highest BCUT2D eigenvalue weighted by molar-refractivity contribution is 7.99. The Hall–Kier alpha value is -3.58. The second-order valence-corrected chi connectivity index (χ2v) is 8.34. The molecule has 1 aromatic heterocycles. The minimum atomic E-state index is -0.198. The van der Waals surface area contributed by atoms with Crippen LogP contribution in [0.25, 0.3) is 17.1 Å². The highest BCUT2D eigenvalue weighted by atomic mass is 32.2. The minimum Gasteiger partial charge on any atom is -0.495 e. The molecule has 0 saturated heterocycles. The van der Waals surface area contributed by atoms with Crippen molar-refractivity contribution in [3.63, 3.8) is 0 Å². The van der Waals surface area contributed by atoms with Crippen molar-refractivity contribution in [3.05, 3.63) is 90.5 Å². The van der Waals surface area contributed by atoms with Crippen LogP contribution in [0.3, 0.4) is 0 Å². The number of para-hydroxylation sites is 2. The van der Waals surface area contributed by atoms with Crippen LogP contribution in [-0.4, -0.2) is 33.6 Å². The summed E-state index contributed by atoms with van der Waals surface area (Å²) in [4.78, 5) is 12.1. The van der Waals surface area contributed by atoms with Gasteiger partial charge in [0.15, 0.2) is 11.0 Å². The number of ether oxygens (including phenoxy) is 2. The fourth-order valence-electron chi connectivity index (χ4n) is 3.36. The minimum absolute atomic E-state index is 0.198. The molecule has 0 spiro atoms. The lowest BCUT2D eigenvalue weighted by molar-refractivity contribution is -0.144. The first-order chi connectivity index (χ1) is 16.3. The zero-order chi connectivity index (χ0) is 22.9. The number of aromatic nitrogens is 3. The van der Waals surface area contributed by atoms with E-state index in [0.717, 1.165) is 33.5 Å². The van der Waals surface area contributed by atoms with Crippen LogP contribution >= 0.6 is 11.8 Å². The Labute approximate surface area is 197 Å². The Kier molecular flexibility index (Phi) is 7.76. The quantitative estimate of drug-likeness (QED) is 0.176. The van der Waals surface area contributed by atoms with Crippen LogP contribution in [0.5, 0.6) is 5.75 Å². The van der Waals surface area contributed by atoms with Gasteiger partial charge in [0.1, 0.15) is 12.4 Å². The van der Waals surface area contributed by atoms with Crippen molar-refractivity contribution in [2.24, 2.45) is 0 Å². The molecule has 0 aliphatic rings. The first-order valence-corrected chi connectivity index (χ1v) is 11.7. The van der Waals surface area contributed by atoms with Crippen molar-refractivity contribution in [3.8, 4) is 22.8 Å². The summed E-state index contributed by atoms with van der Waals surface area (Å²) in [7, 11) is 1.65. The van der Waals surface area contributed by atoms with Crippen molar-refractivity contribution in [1.82, 2.24) is 14.8 Å². The van der Waals surface area contributed by atoms with E-state index in [-0.39, 0.29) is 5.97 Å². The maximum atomic E-state index is 12.1. The van der Waals surface area contributed by atoms with Crippen LogP contribution in [0.2, 0.25) is 0 Å². The first kappa shape index (κ1) is 22.6. The maximum absolute atomic E-state index is 12.1. The number of hydrogen-bond donors (Lipinski definition) is 0. The lowest BCUT2D eigenvalue weighted by Gasteiger charge is -2.13. The molecular formula is C26H25N3O3S. The van der Waals surface area contributed by atoms with Gasteiger partial charge >= 0.3 is 5.97 Å². The van der Waals surface area contributed by atoms with Crippen molar-refractivity contribution >= 4 is 17.7 Å². The van der Waals surface area contributed by atoms with Crippen LogP contribution in [-0.2, 0) is 16.1 Å². The molecule has 0 amide bonds. The molecule has 1 heterocycles. The van der Waals surface area contributed by atoms with Gasteiger partial charge < -0.3 is 9.47 Å². The van der Waals surface area contributed by atoms with Gasteiger partial charge in [0.05, 0.1) is 12.8 Å². The van der Waals surface area contributed by atoms with Gasteiger partial charge in [0.2, 0.25) is 0 Å². The highest BCUT2D eigenvalue weighted by Crippen LogP contribution is 2.32. The summed E-state index contributed by atoms with van der Waals surface area (Å²) in [6.45, 7) is 0.301. The summed E-state index contributed by atoms with van der Waals surface area (Å²) in [5.74, 6) is 1.99. The summed E-state index contributed by atoms with van der Waals surface area (Å²) in [5, 5.41) is 9.65. The van der Waals surface area contributed by atoms with E-state index >= 15 is 0 Å². The predicted molar refractivity (Wildman–Crippen MR) is 130 cm³/mol. The number of nitrogens with zero attached hydrogens (tertiary/aromatic N) is 3. The largest absolute Gasteiger partial charge is 0.495 e. The van der Waals surface area contributed by atoms with Crippen molar-refractivity contribution < 1.29 is 14.3 Å². The lowest BCUT2D eigenvalue weighted by atomic mass is 10.2. The van der Waals surface area contributed by atoms with Crippen LogP contribution in [0, 0.1) is 0 Å². The van der Waals surface area contributed by atoms with Crippen LogP contribution in [0.1, 0.15) is 18.4 Å². The molecule has 0 radical (unpaired) electrons. The Morgan fingerprint density at radius 2 is 1.61 bits per heavy atom. The summed E-state index contributed by atoms with van der Waals surface area (Å²) in [6.07, 6.45) is 1.03. The van der Waals surface area contributed by atoms with Gasteiger partial charge in [0, 0.05) is 17.7 Å². The standard InChI is InChI=1S/C26H25N3O3S/c1-31-23-16-9-8-15-22(23)29-25(21-13-6-3-7-14-21)27-28-26(29)33-18-10-17-24(30)32-19-20-11-4-2-5-12-20/h2-9,11-16H,10,17-19H2,1H3. The van der Waals surface area contributed by atoms with E-state index in [1.807, 2.05) is 89.5 Å². The smallest absolute Gasteiger partial charge is 0.306 e. The van der Waals surface area contributed by atoms with Crippen molar-refractivity contribution in [2.45, 2.75) is 24.6 Å². The van der Waals surface area contributed by atoms with E-state index in [2.05, 4.69) is 10.2 Å². The number of hydrogen-bond acceptors (Lipinski definition) is 6. The normalized spacial score (nSPS) is 10.7. The summed E-state index contributed by atoms with van der Waals surface area (Å²) in [5.41, 5.74) is 2.82. The fourth-order valence-corrected chi connectivity index (χ4v) is 4.24. The molecule has 33 heavy (non-hydrogen) atoms. The average molecular weight is 460 g/mol. The molecule has 0 N–H and O–H groups in total. The third kappa shape index (κ3) is 5.81. The molecule has 4 aromatic rings. The first-order valence-electron chi connectivity index (χ1n) is 10.7. The average Bonchev–Trinajstić information content (AvgIpc) is 3.30. The van der Waals surface area contributed by atoms with Crippen molar-refractivity contribution in [2.75, 3.05) is 12.9 Å². The molecule has 3 aromatic carbocycles. The number of rotatable bonds is 10. The van der Waals surface area contributed by atoms with E-state index in [1.54, 1.807) is 18.9 Å². The molecule has 6 nitrogen and oxygen atoms in total. The van der Waals surface area contributed by atoms with Gasteiger partial charge in [-0.15, -0.1) is 10.2 Å². The molecule has 0 fully saturated rings. The molecular weight excluding hydrogens is 434 g/mol. The van der Waals surface area contributed by atoms with Crippen LogP contribution < -0.4 is 4.74 Å². The topological polar surface area (TPSA) is 66.2 Å². The number of thioether (sulfide) groups is 1. The molecule has 0 unspecified atom stereocenters. The number of methoxy groups -OCH3 is 1. The lowest BCUT2D eigenvalue weighted by Crippen LogP contribution is -2.05. The summed E-state index contributed by atoms with van der Waals surface area (Å²) < 4.78 is 13.0. The van der Waals surface area contributed by atoms with Gasteiger partial charge in [-0.3, -0.25) is 9.36 Å². The molecule has 0 bridgehead atoms. The van der Waals surface area contributed by atoms with E-state index in [0.29, 0.717) is 25.2 Å². The van der Waals surface area contributed by atoms with Crippen LogP contribution in [0.15, 0.2) is 90.1 Å². The van der Waals surface area contributed by atoms with Gasteiger partial charge in [0.25, 0.3) is 0 Å². The van der Waals surface area contributed by atoms with Gasteiger partial charge in [-0.1, -0.05) is 84.6 Å². The molecule has 0 aliphatic heterocycles. The SMILES string of the molecule is COc1ccccc1-n1c(SCCCC(=O)OCc2ccccc2)nnc1-c1ccccc1. The number of esters is 1. The van der Waals surface area contributed by atoms with Crippen LogP contribution in [0.4, 0.5) is 0 Å². The van der Waals surface area contributed by atoms with E-state index in [1.165, 1.54) is 0 Å². The van der Waals surface area contributed by atoms with E-state index in [9.17, 15) is 4.79 Å².